The van der Waals surface area contributed by atoms with E-state index in [4.69, 9.17) is 23.2 Å². The number of nitrogens with zero attached hydrogens (tertiary/aromatic N) is 1. The van der Waals surface area contributed by atoms with Crippen LogP contribution in [0.1, 0.15) is 31.9 Å². The Kier molecular flexibility index (Phi) is 7.69. The smallest absolute Gasteiger partial charge is 0.242 e. The van der Waals surface area contributed by atoms with Crippen molar-refractivity contribution in [1.82, 2.24) is 10.2 Å². The van der Waals surface area contributed by atoms with E-state index in [0.717, 1.165) is 11.1 Å². The van der Waals surface area contributed by atoms with Gasteiger partial charge in [0.05, 0.1) is 6.42 Å². The van der Waals surface area contributed by atoms with Crippen LogP contribution < -0.4 is 5.32 Å². The Morgan fingerprint density at radius 2 is 1.44 bits per heavy atom. The molecule has 2 amide bonds. The zero-order valence-electron chi connectivity index (χ0n) is 15.7. The summed E-state index contributed by atoms with van der Waals surface area (Å²) in [4.78, 5) is 27.1. The maximum Gasteiger partial charge on any atom is 0.242 e. The summed E-state index contributed by atoms with van der Waals surface area (Å²) in [5.41, 5.74) is 1.51. The van der Waals surface area contributed by atoms with E-state index in [1.54, 1.807) is 24.0 Å². The molecule has 0 aliphatic heterocycles. The van der Waals surface area contributed by atoms with E-state index in [1.807, 2.05) is 50.2 Å². The van der Waals surface area contributed by atoms with Crippen molar-refractivity contribution in [1.29, 1.82) is 0 Å². The molecular weight excluding hydrogens is 383 g/mol. The lowest BCUT2D eigenvalue weighted by atomic mass is 10.1. The Morgan fingerprint density at radius 3 is 1.96 bits per heavy atom. The molecule has 0 aliphatic rings. The van der Waals surface area contributed by atoms with Gasteiger partial charge in [-0.15, -0.1) is 0 Å². The van der Waals surface area contributed by atoms with E-state index >= 15 is 0 Å². The molecule has 1 unspecified atom stereocenters. The molecule has 2 aromatic rings. The van der Waals surface area contributed by atoms with Gasteiger partial charge in [-0.2, -0.15) is 0 Å². The number of rotatable bonds is 7. The van der Waals surface area contributed by atoms with Gasteiger partial charge in [-0.25, -0.2) is 0 Å². The van der Waals surface area contributed by atoms with E-state index in [-0.39, 0.29) is 30.8 Å². The molecule has 144 valence electrons. The summed E-state index contributed by atoms with van der Waals surface area (Å²) in [5.74, 6) is -0.390. The van der Waals surface area contributed by atoms with Gasteiger partial charge >= 0.3 is 0 Å². The molecule has 6 heteroatoms. The van der Waals surface area contributed by atoms with Crippen molar-refractivity contribution in [2.45, 2.75) is 45.8 Å². The van der Waals surface area contributed by atoms with Gasteiger partial charge in [0, 0.05) is 22.6 Å². The van der Waals surface area contributed by atoms with E-state index in [2.05, 4.69) is 5.32 Å². The first-order valence-corrected chi connectivity index (χ1v) is 9.61. The summed E-state index contributed by atoms with van der Waals surface area (Å²) >= 11 is 12.5. The van der Waals surface area contributed by atoms with Crippen molar-refractivity contribution in [3.63, 3.8) is 0 Å². The molecule has 0 radical (unpaired) electrons. The highest BCUT2D eigenvalue weighted by Gasteiger charge is 2.27. The first-order chi connectivity index (χ1) is 12.8. The van der Waals surface area contributed by atoms with Crippen molar-refractivity contribution in [2.24, 2.45) is 0 Å². The molecule has 0 saturated heterocycles. The molecule has 1 atom stereocenters. The minimum absolute atomic E-state index is 0.0132. The molecule has 0 aliphatic carbocycles. The SMILES string of the molecule is CC(C)NC(=O)C(C)N(Cc1ccccc1Cl)C(=O)Cc1ccccc1Cl. The first-order valence-electron chi connectivity index (χ1n) is 8.86. The number of carbonyl (C=O) groups is 2. The van der Waals surface area contributed by atoms with Crippen molar-refractivity contribution < 1.29 is 9.59 Å². The van der Waals surface area contributed by atoms with Gasteiger partial charge in [-0.05, 0) is 44.0 Å². The maximum atomic E-state index is 13.1. The number of carbonyl (C=O) groups excluding carboxylic acids is 2. The standard InChI is InChI=1S/C21H24Cl2N2O2/c1-14(2)24-21(27)15(3)25(13-17-9-5-7-11-19(17)23)20(26)12-16-8-4-6-10-18(16)22/h4-11,14-15H,12-13H2,1-3H3,(H,24,27). The molecule has 4 nitrogen and oxygen atoms in total. The van der Waals surface area contributed by atoms with Crippen LogP contribution in [0, 0.1) is 0 Å². The summed E-state index contributed by atoms with van der Waals surface area (Å²) < 4.78 is 0. The van der Waals surface area contributed by atoms with Crippen molar-refractivity contribution in [3.8, 4) is 0 Å². The molecule has 0 bridgehead atoms. The van der Waals surface area contributed by atoms with Crippen molar-refractivity contribution >= 4 is 35.0 Å². The van der Waals surface area contributed by atoms with Crippen LogP contribution in [0.15, 0.2) is 48.5 Å². The predicted octanol–water partition coefficient (Wildman–Crippen LogP) is 4.48. The van der Waals surface area contributed by atoms with E-state index in [1.165, 1.54) is 0 Å². The van der Waals surface area contributed by atoms with Gasteiger partial charge in [-0.1, -0.05) is 59.6 Å². The molecule has 27 heavy (non-hydrogen) atoms. The van der Waals surface area contributed by atoms with Gasteiger partial charge in [0.1, 0.15) is 6.04 Å². The van der Waals surface area contributed by atoms with Crippen LogP contribution in [-0.2, 0) is 22.6 Å². The third-order valence-corrected chi connectivity index (χ3v) is 4.93. The fourth-order valence-electron chi connectivity index (χ4n) is 2.70. The average Bonchev–Trinajstić information content (AvgIpc) is 2.61. The predicted molar refractivity (Wildman–Crippen MR) is 110 cm³/mol. The lowest BCUT2D eigenvalue weighted by Crippen LogP contribution is -2.49. The summed E-state index contributed by atoms with van der Waals surface area (Å²) in [7, 11) is 0. The van der Waals surface area contributed by atoms with E-state index in [0.29, 0.717) is 10.0 Å². The highest BCUT2D eigenvalue weighted by Crippen LogP contribution is 2.21. The van der Waals surface area contributed by atoms with Crippen LogP contribution in [0.5, 0.6) is 0 Å². The highest BCUT2D eigenvalue weighted by molar-refractivity contribution is 6.31. The number of amides is 2. The molecule has 0 saturated carbocycles. The summed E-state index contributed by atoms with van der Waals surface area (Å²) in [5, 5.41) is 3.95. The zero-order valence-corrected chi connectivity index (χ0v) is 17.2. The lowest BCUT2D eigenvalue weighted by Gasteiger charge is -2.30. The second-order valence-electron chi connectivity index (χ2n) is 6.72. The minimum Gasteiger partial charge on any atom is -0.352 e. The van der Waals surface area contributed by atoms with Crippen LogP contribution >= 0.6 is 23.2 Å². The van der Waals surface area contributed by atoms with Crippen LogP contribution in [0.2, 0.25) is 10.0 Å². The zero-order chi connectivity index (χ0) is 20.0. The average molecular weight is 407 g/mol. The van der Waals surface area contributed by atoms with Gasteiger partial charge in [-0.3, -0.25) is 9.59 Å². The fraction of sp³-hybridized carbons (Fsp3) is 0.333. The third kappa shape index (κ3) is 5.98. The normalized spacial score (nSPS) is 11.9. The Morgan fingerprint density at radius 1 is 0.926 bits per heavy atom. The fourth-order valence-corrected chi connectivity index (χ4v) is 3.10. The van der Waals surface area contributed by atoms with Crippen molar-refractivity contribution in [3.05, 3.63) is 69.7 Å². The topological polar surface area (TPSA) is 49.4 Å². The van der Waals surface area contributed by atoms with Crippen LogP contribution in [-0.4, -0.2) is 28.8 Å². The number of benzene rings is 2. The number of halogens is 2. The lowest BCUT2D eigenvalue weighted by molar-refractivity contribution is -0.140. The van der Waals surface area contributed by atoms with Gasteiger partial charge in [0.2, 0.25) is 11.8 Å². The highest BCUT2D eigenvalue weighted by atomic mass is 35.5. The quantitative estimate of drug-likeness (QED) is 0.736. The Hall–Kier alpha value is -2.04. The first kappa shape index (κ1) is 21.3. The molecule has 1 N–H and O–H groups in total. The number of hydrogen-bond acceptors (Lipinski definition) is 2. The molecule has 2 rings (SSSR count). The third-order valence-electron chi connectivity index (χ3n) is 4.20. The van der Waals surface area contributed by atoms with Gasteiger partial charge < -0.3 is 10.2 Å². The van der Waals surface area contributed by atoms with Crippen molar-refractivity contribution in [2.75, 3.05) is 0 Å². The Balaban J connectivity index is 2.27. The van der Waals surface area contributed by atoms with Crippen LogP contribution in [0.25, 0.3) is 0 Å². The second-order valence-corrected chi connectivity index (χ2v) is 7.53. The molecule has 0 heterocycles. The van der Waals surface area contributed by atoms with E-state index in [9.17, 15) is 9.59 Å². The molecule has 0 fully saturated rings. The monoisotopic (exact) mass is 406 g/mol. The molecule has 2 aromatic carbocycles. The van der Waals surface area contributed by atoms with Gasteiger partial charge in [0.25, 0.3) is 0 Å². The largest absolute Gasteiger partial charge is 0.352 e. The van der Waals surface area contributed by atoms with E-state index < -0.39 is 6.04 Å². The molecular formula is C21H24Cl2N2O2. The number of nitrogens with one attached hydrogen (secondary N) is 1. The Labute approximate surface area is 170 Å². The summed E-state index contributed by atoms with van der Waals surface area (Å²) in [6.45, 7) is 5.73. The summed E-state index contributed by atoms with van der Waals surface area (Å²) in [6.07, 6.45) is 0.115. The maximum absolute atomic E-state index is 13.1. The van der Waals surface area contributed by atoms with Crippen LogP contribution in [0.3, 0.4) is 0 Å². The molecule has 0 spiro atoms. The van der Waals surface area contributed by atoms with Crippen LogP contribution in [0.4, 0.5) is 0 Å². The second kappa shape index (κ2) is 9.77. The molecule has 0 aromatic heterocycles. The number of hydrogen-bond donors (Lipinski definition) is 1. The minimum atomic E-state index is -0.640. The Bertz CT molecular complexity index is 808. The summed E-state index contributed by atoms with van der Waals surface area (Å²) in [6, 6.07) is 13.9. The van der Waals surface area contributed by atoms with Gasteiger partial charge in [0.15, 0.2) is 0 Å².